The molecule has 0 amide bonds. The molecule has 3 aromatic heterocycles. The number of piperidine rings is 1. The van der Waals surface area contributed by atoms with Crippen LogP contribution in [0.1, 0.15) is 22.5 Å². The average molecular weight is 508 g/mol. The third-order valence-corrected chi connectivity index (χ3v) is 6.25. The van der Waals surface area contributed by atoms with Crippen molar-refractivity contribution in [2.24, 2.45) is 0 Å². The van der Waals surface area contributed by atoms with Gasteiger partial charge in [0.1, 0.15) is 17.5 Å². The summed E-state index contributed by atoms with van der Waals surface area (Å²) < 4.78 is 36.3. The highest BCUT2D eigenvalue weighted by Gasteiger charge is 2.23. The normalized spacial score (nSPS) is 18.3. The summed E-state index contributed by atoms with van der Waals surface area (Å²) >= 11 is 19.3. The molecule has 0 radical (unpaired) electrons. The van der Waals surface area contributed by atoms with Gasteiger partial charge in [-0.1, -0.05) is 46.5 Å². The van der Waals surface area contributed by atoms with Crippen LogP contribution < -0.4 is 4.74 Å². The number of allylic oxidation sites excluding steroid dienone is 1. The minimum atomic E-state index is -2.29. The molecule has 0 saturated carbocycles. The second-order valence-corrected chi connectivity index (χ2v) is 9.08. The highest BCUT2D eigenvalue weighted by molar-refractivity contribution is 6.36. The zero-order valence-corrected chi connectivity index (χ0v) is 19.7. The SMILES string of the molecule is [2H]C([2H])([2H])N1C[C@H](Oc2cc(Cl)c(-c3noc(-c4cn5cc(C)cc(Cl)c5n4)n3)cc2Cl)CCC1=C. The van der Waals surface area contributed by atoms with Gasteiger partial charge in [-0.15, -0.1) is 0 Å². The predicted molar refractivity (Wildman–Crippen MR) is 129 cm³/mol. The van der Waals surface area contributed by atoms with E-state index in [9.17, 15) is 0 Å². The van der Waals surface area contributed by atoms with E-state index in [-0.39, 0.29) is 23.3 Å². The first-order chi connectivity index (χ1) is 17.0. The van der Waals surface area contributed by atoms with Gasteiger partial charge in [0.2, 0.25) is 5.82 Å². The average Bonchev–Trinajstić information content (AvgIpc) is 3.44. The van der Waals surface area contributed by atoms with Crippen LogP contribution in [0.4, 0.5) is 0 Å². The molecule has 33 heavy (non-hydrogen) atoms. The Bertz CT molecular complexity index is 1480. The van der Waals surface area contributed by atoms with Crippen LogP contribution in [0.3, 0.4) is 0 Å². The molecule has 7 nitrogen and oxygen atoms in total. The van der Waals surface area contributed by atoms with E-state index >= 15 is 0 Å². The van der Waals surface area contributed by atoms with Crippen molar-refractivity contribution < 1.29 is 13.4 Å². The van der Waals surface area contributed by atoms with Crippen LogP contribution in [0.5, 0.6) is 5.75 Å². The standard InChI is InChI=1S/C23H20Cl3N5O2/c1-12-6-18(26)22-27-19(11-31(22)9-12)23-28-21(29-33-23)15-7-17(25)20(8-16(15)24)32-14-5-4-13(2)30(3)10-14/h6-9,11,14H,2,4-5,10H2,1,3H3/t14-/m1/s1/i3D3. The van der Waals surface area contributed by atoms with Crippen LogP contribution >= 0.6 is 34.8 Å². The van der Waals surface area contributed by atoms with Gasteiger partial charge in [0.15, 0.2) is 5.65 Å². The van der Waals surface area contributed by atoms with Crippen molar-refractivity contribution in [2.75, 3.05) is 13.5 Å². The van der Waals surface area contributed by atoms with Gasteiger partial charge in [-0.05, 0) is 37.5 Å². The summed E-state index contributed by atoms with van der Waals surface area (Å²) in [4.78, 5) is 10.2. The molecular formula is C23H20Cl3N5O2. The lowest BCUT2D eigenvalue weighted by Gasteiger charge is -2.33. The van der Waals surface area contributed by atoms with Crippen molar-refractivity contribution in [2.45, 2.75) is 25.9 Å². The summed E-state index contributed by atoms with van der Waals surface area (Å²) in [5, 5.41) is 5.12. The van der Waals surface area contributed by atoms with E-state index < -0.39 is 13.1 Å². The Morgan fingerprint density at radius 2 is 2.00 bits per heavy atom. The van der Waals surface area contributed by atoms with Gasteiger partial charge in [0.05, 0.1) is 21.6 Å². The highest BCUT2D eigenvalue weighted by Crippen LogP contribution is 2.37. The maximum absolute atomic E-state index is 7.70. The molecule has 1 aliphatic heterocycles. The van der Waals surface area contributed by atoms with Crippen molar-refractivity contribution in [1.82, 2.24) is 24.4 Å². The van der Waals surface area contributed by atoms with Gasteiger partial charge in [0.25, 0.3) is 5.89 Å². The lowest BCUT2D eigenvalue weighted by Crippen LogP contribution is -2.37. The summed E-state index contributed by atoms with van der Waals surface area (Å²) in [5.41, 5.74) is 3.02. The number of fused-ring (bicyclic) bond motifs is 1. The fourth-order valence-electron chi connectivity index (χ4n) is 3.68. The Morgan fingerprint density at radius 3 is 2.82 bits per heavy atom. The molecule has 0 bridgehead atoms. The summed E-state index contributed by atoms with van der Waals surface area (Å²) in [6.45, 7) is 3.67. The Balaban J connectivity index is 1.38. The molecule has 1 atom stereocenters. The number of hydrogen-bond acceptors (Lipinski definition) is 6. The molecule has 0 unspecified atom stereocenters. The van der Waals surface area contributed by atoms with Crippen LogP contribution in [0, 0.1) is 6.92 Å². The van der Waals surface area contributed by atoms with Crippen LogP contribution in [-0.4, -0.2) is 44.0 Å². The van der Waals surface area contributed by atoms with Gasteiger partial charge in [-0.25, -0.2) is 4.98 Å². The molecule has 1 saturated heterocycles. The summed E-state index contributed by atoms with van der Waals surface area (Å²) in [5.74, 6) is 0.759. The minimum absolute atomic E-state index is 0.168. The van der Waals surface area contributed by atoms with E-state index in [4.69, 9.17) is 48.2 Å². The van der Waals surface area contributed by atoms with Crippen molar-refractivity contribution >= 4 is 40.4 Å². The molecule has 1 aromatic carbocycles. The quantitative estimate of drug-likeness (QED) is 0.322. The Hall–Kier alpha value is -2.74. The first-order valence-corrected chi connectivity index (χ1v) is 11.2. The second kappa shape index (κ2) is 8.56. The maximum Gasteiger partial charge on any atom is 0.278 e. The monoisotopic (exact) mass is 506 g/mol. The molecule has 170 valence electrons. The van der Waals surface area contributed by atoms with Crippen LogP contribution in [0.25, 0.3) is 28.6 Å². The van der Waals surface area contributed by atoms with Gasteiger partial charge < -0.3 is 18.6 Å². The smallest absolute Gasteiger partial charge is 0.278 e. The number of aromatic nitrogens is 4. The lowest BCUT2D eigenvalue weighted by molar-refractivity contribution is 0.128. The Labute approximate surface area is 209 Å². The first-order valence-electron chi connectivity index (χ1n) is 11.6. The minimum Gasteiger partial charge on any atom is -0.487 e. The number of ether oxygens (including phenoxy) is 1. The van der Waals surface area contributed by atoms with Crippen molar-refractivity contribution in [3.63, 3.8) is 0 Å². The highest BCUT2D eigenvalue weighted by atomic mass is 35.5. The maximum atomic E-state index is 7.70. The predicted octanol–water partition coefficient (Wildman–Crippen LogP) is 6.31. The molecule has 5 rings (SSSR count). The van der Waals surface area contributed by atoms with Crippen LogP contribution in [-0.2, 0) is 0 Å². The topological polar surface area (TPSA) is 68.7 Å². The Morgan fingerprint density at radius 1 is 1.15 bits per heavy atom. The number of hydrogen-bond donors (Lipinski definition) is 0. The number of halogens is 3. The zero-order chi connectivity index (χ0) is 25.8. The third-order valence-electron chi connectivity index (χ3n) is 5.37. The number of nitrogens with zero attached hydrogens (tertiary/aromatic N) is 5. The summed E-state index contributed by atoms with van der Waals surface area (Å²) in [7, 11) is 0. The van der Waals surface area contributed by atoms with Crippen molar-refractivity contribution in [1.29, 1.82) is 0 Å². The lowest BCUT2D eigenvalue weighted by atomic mass is 10.1. The number of likely N-dealkylation sites (N-methyl/N-ethyl adjacent to an activating group) is 1. The number of likely N-dealkylation sites (tertiary alicyclic amines) is 1. The largest absolute Gasteiger partial charge is 0.487 e. The van der Waals surface area contributed by atoms with E-state index in [1.54, 1.807) is 22.7 Å². The number of benzene rings is 1. The molecule has 4 heterocycles. The van der Waals surface area contributed by atoms with Crippen molar-refractivity contribution in [3.8, 4) is 28.7 Å². The number of rotatable bonds is 4. The van der Waals surface area contributed by atoms with Gasteiger partial charge in [0, 0.05) is 40.8 Å². The van der Waals surface area contributed by atoms with E-state index in [1.807, 2.05) is 19.2 Å². The summed E-state index contributed by atoms with van der Waals surface area (Å²) in [6.07, 6.45) is 4.36. The fourth-order valence-corrected chi connectivity index (χ4v) is 4.44. The second-order valence-electron chi connectivity index (χ2n) is 7.86. The number of pyridine rings is 1. The Kier molecular flexibility index (Phi) is 4.84. The number of imidazole rings is 1. The molecule has 0 spiro atoms. The van der Waals surface area contributed by atoms with Gasteiger partial charge in [-0.2, -0.15) is 4.98 Å². The first kappa shape index (κ1) is 18.7. The van der Waals surface area contributed by atoms with Gasteiger partial charge >= 0.3 is 0 Å². The molecule has 1 fully saturated rings. The van der Waals surface area contributed by atoms with E-state index in [1.165, 1.54) is 4.90 Å². The molecule has 0 aliphatic carbocycles. The van der Waals surface area contributed by atoms with Crippen LogP contribution in [0.2, 0.25) is 15.1 Å². The number of aryl methyl sites for hydroxylation is 1. The molecule has 0 N–H and O–H groups in total. The van der Waals surface area contributed by atoms with Crippen LogP contribution in [0.15, 0.2) is 47.4 Å². The molecule has 10 heteroatoms. The molecule has 4 aromatic rings. The van der Waals surface area contributed by atoms with E-state index in [0.29, 0.717) is 51.2 Å². The van der Waals surface area contributed by atoms with E-state index in [0.717, 1.165) is 5.56 Å². The zero-order valence-electron chi connectivity index (χ0n) is 20.5. The van der Waals surface area contributed by atoms with E-state index in [2.05, 4.69) is 21.7 Å². The van der Waals surface area contributed by atoms with Crippen molar-refractivity contribution in [3.05, 3.63) is 63.5 Å². The summed E-state index contributed by atoms with van der Waals surface area (Å²) in [6, 6.07) is 4.97. The fraction of sp³-hybridized carbons (Fsp3) is 0.261. The van der Waals surface area contributed by atoms with Gasteiger partial charge in [-0.3, -0.25) is 0 Å². The third kappa shape index (κ3) is 4.28. The molecular weight excluding hydrogens is 485 g/mol. The molecule has 1 aliphatic rings.